The smallest absolute Gasteiger partial charge is 0.327 e. The van der Waals surface area contributed by atoms with Crippen molar-refractivity contribution >= 4 is 45.5 Å². The number of nitrogens with one attached hydrogen (secondary N) is 2. The topological polar surface area (TPSA) is 127 Å². The summed E-state index contributed by atoms with van der Waals surface area (Å²) >= 11 is 6.45. The molecule has 0 aliphatic carbocycles. The summed E-state index contributed by atoms with van der Waals surface area (Å²) in [5.74, 6) is 0.620. The number of carbonyl (C=O) groups is 2. The number of unbranched alkanes of at least 4 members (excludes halogenated alkanes) is 4. The molecule has 0 saturated heterocycles. The molecule has 2 N–H and O–H groups in total. The summed E-state index contributed by atoms with van der Waals surface area (Å²) in [6, 6.07) is 15.9. The van der Waals surface area contributed by atoms with Gasteiger partial charge < -0.3 is 15.0 Å². The number of H-pyrrole nitrogens is 1. The highest BCUT2D eigenvalue weighted by Gasteiger charge is 2.20. The zero-order chi connectivity index (χ0) is 39.3. The highest BCUT2D eigenvalue weighted by Crippen LogP contribution is 2.34. The molecule has 0 spiro atoms. The van der Waals surface area contributed by atoms with Crippen LogP contribution in [0.15, 0.2) is 84.1 Å². The molecule has 7 rings (SSSR count). The molecule has 4 aromatic heterocycles. The van der Waals surface area contributed by atoms with E-state index >= 15 is 0 Å². The molecule has 1 amide bonds. The van der Waals surface area contributed by atoms with Gasteiger partial charge in [0, 0.05) is 61.0 Å². The van der Waals surface area contributed by atoms with Gasteiger partial charge in [-0.15, -0.1) is 0 Å². The first-order chi connectivity index (χ1) is 27.1. The van der Waals surface area contributed by atoms with Crippen LogP contribution in [-0.4, -0.2) is 67.0 Å². The number of pyridine rings is 2. The van der Waals surface area contributed by atoms with Gasteiger partial charge >= 0.3 is 5.69 Å². The van der Waals surface area contributed by atoms with E-state index in [1.54, 1.807) is 30.8 Å². The van der Waals surface area contributed by atoms with Crippen molar-refractivity contribution in [2.75, 3.05) is 26.2 Å². The number of aryl methyl sites for hydroxylation is 2. The number of benzene rings is 2. The van der Waals surface area contributed by atoms with Crippen molar-refractivity contribution in [1.82, 2.24) is 34.3 Å². The van der Waals surface area contributed by atoms with Gasteiger partial charge in [0.05, 0.1) is 34.5 Å². The highest BCUT2D eigenvalue weighted by atomic mass is 35.5. The number of allylic oxidation sites excluding steroid dienone is 1. The molecule has 56 heavy (non-hydrogen) atoms. The summed E-state index contributed by atoms with van der Waals surface area (Å²) in [6.07, 6.45) is 12.4. The third kappa shape index (κ3) is 8.49. The lowest BCUT2D eigenvalue weighted by molar-refractivity contribution is -0.121. The van der Waals surface area contributed by atoms with Gasteiger partial charge in [0.25, 0.3) is 5.91 Å². The second-order valence-corrected chi connectivity index (χ2v) is 15.2. The van der Waals surface area contributed by atoms with Gasteiger partial charge in [0.1, 0.15) is 12.4 Å². The van der Waals surface area contributed by atoms with Crippen LogP contribution < -0.4 is 15.7 Å². The monoisotopic (exact) mass is 773 g/mol. The Morgan fingerprint density at radius 3 is 2.57 bits per heavy atom. The number of fused-ring (bicyclic) bond motifs is 3. The molecule has 5 heterocycles. The Morgan fingerprint density at radius 1 is 1.00 bits per heavy atom. The molecule has 12 heteroatoms. The van der Waals surface area contributed by atoms with Crippen LogP contribution >= 0.6 is 11.6 Å². The van der Waals surface area contributed by atoms with Gasteiger partial charge in [0.15, 0.2) is 5.65 Å². The van der Waals surface area contributed by atoms with Crippen molar-refractivity contribution in [3.05, 3.63) is 111 Å². The summed E-state index contributed by atoms with van der Waals surface area (Å²) in [5.41, 5.74) is 9.57. The molecule has 6 aromatic rings. The first-order valence-electron chi connectivity index (χ1n) is 19.3. The van der Waals surface area contributed by atoms with Crippen LogP contribution in [0.5, 0.6) is 5.75 Å². The van der Waals surface area contributed by atoms with E-state index in [1.807, 2.05) is 43.6 Å². The Kier molecular flexibility index (Phi) is 11.8. The van der Waals surface area contributed by atoms with E-state index in [9.17, 15) is 14.4 Å². The standard InChI is InChI=1S/C44H48ClN7O4/c1-28(2)43(54)52-26-29(3)40-35(24-46-25-38(40)52)32-11-12-33-27-51(20-17-31(33)22-32)19-9-7-5-6-8-10-39(53)47-18-21-56-34-15-13-30(14-16-34)41-36(45)23-37-42(49-41)50(4)44(55)48-37/h11-16,22-26H,1,5-10,17-21,27H2,2-4H3,(H,47,53)(H,48,55). The summed E-state index contributed by atoms with van der Waals surface area (Å²) < 4.78 is 8.94. The number of amides is 1. The van der Waals surface area contributed by atoms with Gasteiger partial charge in [-0.3, -0.25) is 28.6 Å². The average molecular weight is 774 g/mol. The van der Waals surface area contributed by atoms with Gasteiger partial charge in [-0.25, -0.2) is 9.78 Å². The number of carbonyl (C=O) groups excluding carboxylic acids is 2. The maximum Gasteiger partial charge on any atom is 0.327 e. The summed E-state index contributed by atoms with van der Waals surface area (Å²) in [7, 11) is 1.66. The number of aromatic amines is 1. The van der Waals surface area contributed by atoms with Crippen molar-refractivity contribution in [2.45, 2.75) is 65.3 Å². The van der Waals surface area contributed by atoms with E-state index in [1.165, 1.54) is 15.7 Å². The number of ether oxygens (including phenoxy) is 1. The van der Waals surface area contributed by atoms with Crippen molar-refractivity contribution in [2.24, 2.45) is 7.05 Å². The summed E-state index contributed by atoms with van der Waals surface area (Å²) in [5, 5.41) is 4.46. The molecule has 0 atom stereocenters. The SMILES string of the molecule is C=C(C)C(=O)n1cc(C)c2c(-c3ccc4c(c3)CCN(CCCCCCCC(=O)NCCOc3ccc(-c5nc6c(cc5Cl)[nH]c(=O)n6C)cc3)C4)cncc21. The van der Waals surface area contributed by atoms with Crippen molar-refractivity contribution in [1.29, 1.82) is 0 Å². The Balaban J connectivity index is 0.777. The first-order valence-corrected chi connectivity index (χ1v) is 19.7. The van der Waals surface area contributed by atoms with Crippen LogP contribution in [0.3, 0.4) is 0 Å². The lowest BCUT2D eigenvalue weighted by Gasteiger charge is -2.29. The quantitative estimate of drug-likeness (QED) is 0.0800. The van der Waals surface area contributed by atoms with Gasteiger partial charge in [-0.2, -0.15) is 0 Å². The van der Waals surface area contributed by atoms with Crippen LogP contribution in [0.25, 0.3) is 44.5 Å². The lowest BCUT2D eigenvalue weighted by Crippen LogP contribution is -2.31. The van der Waals surface area contributed by atoms with Crippen LogP contribution in [0, 0.1) is 6.92 Å². The Morgan fingerprint density at radius 2 is 1.77 bits per heavy atom. The molecule has 11 nitrogen and oxygen atoms in total. The maximum absolute atomic E-state index is 12.8. The summed E-state index contributed by atoms with van der Waals surface area (Å²) in [4.78, 5) is 51.4. The lowest BCUT2D eigenvalue weighted by atomic mass is 9.93. The number of aromatic nitrogens is 5. The fraction of sp³-hybridized carbons (Fsp3) is 0.341. The molecule has 2 aromatic carbocycles. The third-order valence-electron chi connectivity index (χ3n) is 10.6. The first kappa shape index (κ1) is 38.7. The molecule has 0 saturated carbocycles. The van der Waals surface area contributed by atoms with Gasteiger partial charge in [-0.1, -0.05) is 55.6 Å². The Bertz CT molecular complexity index is 2480. The zero-order valence-electron chi connectivity index (χ0n) is 32.3. The minimum Gasteiger partial charge on any atom is -0.492 e. The Labute approximate surface area is 331 Å². The highest BCUT2D eigenvalue weighted by molar-refractivity contribution is 6.33. The van der Waals surface area contributed by atoms with E-state index in [-0.39, 0.29) is 17.5 Å². The van der Waals surface area contributed by atoms with E-state index in [4.69, 9.17) is 16.3 Å². The fourth-order valence-corrected chi connectivity index (χ4v) is 7.83. The van der Waals surface area contributed by atoms with Gasteiger partial charge in [-0.05, 0) is 92.2 Å². The summed E-state index contributed by atoms with van der Waals surface area (Å²) in [6.45, 7) is 11.5. The number of imidazole rings is 1. The molecule has 290 valence electrons. The normalized spacial score (nSPS) is 12.9. The number of halogens is 1. The fourth-order valence-electron chi connectivity index (χ4n) is 7.57. The average Bonchev–Trinajstić information content (AvgIpc) is 3.68. The molecular formula is C44H48ClN7O4. The van der Waals surface area contributed by atoms with Crippen LogP contribution in [0.1, 0.15) is 66.9 Å². The van der Waals surface area contributed by atoms with Crippen LogP contribution in [0.2, 0.25) is 5.02 Å². The number of hydrogen-bond donors (Lipinski definition) is 2. The van der Waals surface area contributed by atoms with Crippen LogP contribution in [-0.2, 0) is 24.8 Å². The third-order valence-corrected chi connectivity index (χ3v) is 10.9. The molecular weight excluding hydrogens is 726 g/mol. The van der Waals surface area contributed by atoms with E-state index in [2.05, 4.69) is 49.9 Å². The van der Waals surface area contributed by atoms with Gasteiger partial charge in [0.2, 0.25) is 5.91 Å². The molecule has 0 radical (unpaired) electrons. The molecule has 0 unspecified atom stereocenters. The number of rotatable bonds is 15. The second kappa shape index (κ2) is 17.1. The predicted molar refractivity (Wildman–Crippen MR) is 222 cm³/mol. The molecule has 0 bridgehead atoms. The van der Waals surface area contributed by atoms with Crippen molar-refractivity contribution in [3.8, 4) is 28.1 Å². The zero-order valence-corrected chi connectivity index (χ0v) is 33.0. The van der Waals surface area contributed by atoms with Crippen molar-refractivity contribution < 1.29 is 14.3 Å². The van der Waals surface area contributed by atoms with Crippen molar-refractivity contribution in [3.63, 3.8) is 0 Å². The minimum atomic E-state index is -0.243. The largest absolute Gasteiger partial charge is 0.492 e. The van der Waals surface area contributed by atoms with E-state index in [0.717, 1.165) is 91.3 Å². The minimum absolute atomic E-state index is 0.0497. The molecule has 0 fully saturated rings. The number of hydrogen-bond acceptors (Lipinski definition) is 7. The molecule has 1 aliphatic heterocycles. The number of nitrogens with zero attached hydrogens (tertiary/aromatic N) is 5. The molecule has 1 aliphatic rings. The predicted octanol–water partition coefficient (Wildman–Crippen LogP) is 8.02. The van der Waals surface area contributed by atoms with E-state index in [0.29, 0.717) is 52.8 Å². The van der Waals surface area contributed by atoms with Crippen LogP contribution in [0.4, 0.5) is 0 Å². The van der Waals surface area contributed by atoms with E-state index < -0.39 is 0 Å². The maximum atomic E-state index is 12.8. The second-order valence-electron chi connectivity index (χ2n) is 14.8. The Hall–Kier alpha value is -5.52.